The van der Waals surface area contributed by atoms with Crippen LogP contribution in [0.5, 0.6) is 28.7 Å². The number of rotatable bonds is 10. The van der Waals surface area contributed by atoms with Crippen molar-refractivity contribution < 1.29 is 37.4 Å². The quantitative estimate of drug-likeness (QED) is 0.229. The number of nitrogens with zero attached hydrogens (tertiary/aromatic N) is 1. The van der Waals surface area contributed by atoms with Gasteiger partial charge < -0.3 is 24.1 Å². The molecule has 0 saturated heterocycles. The molecule has 3 rings (SSSR count). The van der Waals surface area contributed by atoms with Crippen LogP contribution in [0.2, 0.25) is 0 Å². The molecule has 0 heterocycles. The number of ether oxygens (including phenoxy) is 4. The van der Waals surface area contributed by atoms with Gasteiger partial charge in [0.25, 0.3) is 15.7 Å². The molecule has 0 saturated carbocycles. The van der Waals surface area contributed by atoms with E-state index in [4.69, 9.17) is 18.9 Å². The smallest absolute Gasteiger partial charge is 0.269 e. The summed E-state index contributed by atoms with van der Waals surface area (Å²) in [6.45, 7) is 0. The topological polar surface area (TPSA) is 146 Å². The van der Waals surface area contributed by atoms with Crippen LogP contribution >= 0.6 is 0 Å². The molecule has 0 bridgehead atoms. The van der Waals surface area contributed by atoms with Crippen molar-refractivity contribution >= 4 is 33.6 Å². The monoisotopic (exact) mass is 516 g/mol. The van der Waals surface area contributed by atoms with Gasteiger partial charge in [0.15, 0.2) is 23.0 Å². The molecule has 0 aliphatic carbocycles. The molecule has 3 aromatic rings. The molecule has 12 heteroatoms. The SMILES string of the molecule is COc1cc(C=Cc2cc(O)c(OC)c(NS(=O)(=O)c3ccc([N+](=O)[O-])cc3)c2)cc(OC)c1OC. The molecule has 11 nitrogen and oxygen atoms in total. The zero-order chi connectivity index (χ0) is 26.5. The predicted molar refractivity (Wildman–Crippen MR) is 134 cm³/mol. The number of sulfonamides is 1. The maximum Gasteiger partial charge on any atom is 0.269 e. The van der Waals surface area contributed by atoms with E-state index < -0.39 is 14.9 Å². The summed E-state index contributed by atoms with van der Waals surface area (Å²) in [7, 11) is 1.62. The maximum atomic E-state index is 12.9. The Balaban J connectivity index is 1.97. The molecule has 0 spiro atoms. The van der Waals surface area contributed by atoms with Gasteiger partial charge in [0.2, 0.25) is 5.75 Å². The summed E-state index contributed by atoms with van der Waals surface area (Å²) in [5.41, 5.74) is 0.861. The summed E-state index contributed by atoms with van der Waals surface area (Å²) in [5, 5.41) is 21.3. The second kappa shape index (κ2) is 10.9. The van der Waals surface area contributed by atoms with Crippen molar-refractivity contribution in [2.24, 2.45) is 0 Å². The van der Waals surface area contributed by atoms with Crippen molar-refractivity contribution in [3.63, 3.8) is 0 Å². The lowest BCUT2D eigenvalue weighted by molar-refractivity contribution is -0.384. The third-order valence-corrected chi connectivity index (χ3v) is 6.43. The fourth-order valence-electron chi connectivity index (χ4n) is 3.36. The zero-order valence-electron chi connectivity index (χ0n) is 19.8. The second-order valence-corrected chi connectivity index (χ2v) is 8.95. The number of nitrogens with one attached hydrogen (secondary N) is 1. The number of hydrogen-bond donors (Lipinski definition) is 2. The number of methoxy groups -OCH3 is 4. The predicted octanol–water partition coefficient (Wildman–Crippen LogP) is 4.31. The number of nitro benzene ring substituents is 1. The van der Waals surface area contributed by atoms with Crippen LogP contribution in [0.25, 0.3) is 12.2 Å². The van der Waals surface area contributed by atoms with Gasteiger partial charge in [-0.05, 0) is 47.5 Å². The van der Waals surface area contributed by atoms with Gasteiger partial charge in [-0.25, -0.2) is 8.42 Å². The molecule has 0 unspecified atom stereocenters. The van der Waals surface area contributed by atoms with Crippen LogP contribution in [-0.4, -0.2) is 46.9 Å². The summed E-state index contributed by atoms with van der Waals surface area (Å²) in [4.78, 5) is 10.0. The molecule has 36 heavy (non-hydrogen) atoms. The van der Waals surface area contributed by atoms with Gasteiger partial charge in [0.05, 0.1) is 43.9 Å². The lowest BCUT2D eigenvalue weighted by Gasteiger charge is -2.14. The first-order chi connectivity index (χ1) is 17.1. The molecule has 0 aromatic heterocycles. The molecule has 0 aliphatic rings. The lowest BCUT2D eigenvalue weighted by Crippen LogP contribution is -2.14. The van der Waals surface area contributed by atoms with Crippen LogP contribution < -0.4 is 23.7 Å². The third kappa shape index (κ3) is 5.61. The van der Waals surface area contributed by atoms with Gasteiger partial charge in [0.1, 0.15) is 0 Å². The van der Waals surface area contributed by atoms with E-state index in [-0.39, 0.29) is 27.8 Å². The highest BCUT2D eigenvalue weighted by Gasteiger charge is 2.20. The Labute approximate surface area is 207 Å². The fraction of sp³-hybridized carbons (Fsp3) is 0.167. The highest BCUT2D eigenvalue weighted by molar-refractivity contribution is 7.92. The Morgan fingerprint density at radius 2 is 1.36 bits per heavy atom. The van der Waals surface area contributed by atoms with Crippen LogP contribution in [0, 0.1) is 10.1 Å². The van der Waals surface area contributed by atoms with E-state index >= 15 is 0 Å². The second-order valence-electron chi connectivity index (χ2n) is 7.27. The van der Waals surface area contributed by atoms with E-state index in [0.717, 1.165) is 24.3 Å². The lowest BCUT2D eigenvalue weighted by atomic mass is 10.1. The van der Waals surface area contributed by atoms with Gasteiger partial charge in [-0.3, -0.25) is 14.8 Å². The first-order valence-corrected chi connectivity index (χ1v) is 11.8. The Kier molecular flexibility index (Phi) is 7.90. The number of hydrogen-bond acceptors (Lipinski definition) is 9. The minimum atomic E-state index is -4.15. The van der Waals surface area contributed by atoms with Gasteiger partial charge in [-0.1, -0.05) is 12.2 Å². The summed E-state index contributed by atoms with van der Waals surface area (Å²) < 4.78 is 49.3. The van der Waals surface area contributed by atoms with Crippen molar-refractivity contribution in [3.05, 3.63) is 69.8 Å². The van der Waals surface area contributed by atoms with Crippen molar-refractivity contribution in [1.29, 1.82) is 0 Å². The molecule has 190 valence electrons. The van der Waals surface area contributed by atoms with Crippen molar-refractivity contribution in [2.75, 3.05) is 33.2 Å². The molecule has 0 radical (unpaired) electrons. The number of anilines is 1. The third-order valence-electron chi connectivity index (χ3n) is 5.05. The van der Waals surface area contributed by atoms with Crippen molar-refractivity contribution in [1.82, 2.24) is 0 Å². The van der Waals surface area contributed by atoms with Crippen LogP contribution in [0.4, 0.5) is 11.4 Å². The first kappa shape index (κ1) is 26.2. The van der Waals surface area contributed by atoms with Gasteiger partial charge in [-0.15, -0.1) is 0 Å². The van der Waals surface area contributed by atoms with E-state index in [9.17, 15) is 23.6 Å². The molecule has 0 aliphatic heterocycles. The number of non-ortho nitro benzene ring substituents is 1. The average molecular weight is 517 g/mol. The Morgan fingerprint density at radius 1 is 0.833 bits per heavy atom. The van der Waals surface area contributed by atoms with Gasteiger partial charge in [0, 0.05) is 12.1 Å². The summed E-state index contributed by atoms with van der Waals surface area (Å²) in [6, 6.07) is 10.7. The molecule has 0 amide bonds. The summed E-state index contributed by atoms with van der Waals surface area (Å²) in [6.07, 6.45) is 3.35. The van der Waals surface area contributed by atoms with Crippen LogP contribution in [0.15, 0.2) is 53.4 Å². The van der Waals surface area contributed by atoms with E-state index in [1.807, 2.05) is 0 Å². The zero-order valence-corrected chi connectivity index (χ0v) is 20.7. The number of phenols is 1. The normalized spacial score (nSPS) is 11.2. The molecule has 0 fully saturated rings. The minimum Gasteiger partial charge on any atom is -0.504 e. The Hall–Kier alpha value is -4.45. The van der Waals surface area contributed by atoms with E-state index in [1.165, 1.54) is 40.6 Å². The Morgan fingerprint density at radius 3 is 1.83 bits per heavy atom. The molecular formula is C24H24N2O9S. The van der Waals surface area contributed by atoms with Crippen molar-refractivity contribution in [2.45, 2.75) is 4.90 Å². The largest absolute Gasteiger partial charge is 0.504 e. The summed E-state index contributed by atoms with van der Waals surface area (Å²) in [5.74, 6) is 0.940. The van der Waals surface area contributed by atoms with Crippen molar-refractivity contribution in [3.8, 4) is 28.7 Å². The molecule has 0 atom stereocenters. The number of aromatic hydroxyl groups is 1. The Bertz CT molecular complexity index is 1380. The molecule has 3 aromatic carbocycles. The average Bonchev–Trinajstić information content (AvgIpc) is 2.86. The van der Waals surface area contributed by atoms with Gasteiger partial charge >= 0.3 is 0 Å². The number of benzene rings is 3. The van der Waals surface area contributed by atoms with Gasteiger partial charge in [-0.2, -0.15) is 0 Å². The van der Waals surface area contributed by atoms with Crippen LogP contribution in [0.1, 0.15) is 11.1 Å². The standard InChI is InChI=1S/C24H24N2O9S/c1-32-21-13-16(14-22(33-2)24(21)35-4)6-5-15-11-19(23(34-3)20(27)12-15)25-36(30,31)18-9-7-17(8-10-18)26(28)29/h5-14,25,27H,1-4H3. The number of phenolic OH excluding ortho intramolecular Hbond substituents is 1. The van der Waals surface area contributed by atoms with E-state index in [0.29, 0.717) is 28.4 Å². The summed E-state index contributed by atoms with van der Waals surface area (Å²) >= 11 is 0. The molecular weight excluding hydrogens is 492 g/mol. The fourth-order valence-corrected chi connectivity index (χ4v) is 4.42. The highest BCUT2D eigenvalue weighted by Crippen LogP contribution is 2.40. The number of nitro groups is 1. The van der Waals surface area contributed by atoms with Crippen LogP contribution in [0.3, 0.4) is 0 Å². The first-order valence-electron chi connectivity index (χ1n) is 10.3. The maximum absolute atomic E-state index is 12.9. The van der Waals surface area contributed by atoms with E-state index in [2.05, 4.69) is 4.72 Å². The molecule has 2 N–H and O–H groups in total. The van der Waals surface area contributed by atoms with Crippen LogP contribution in [-0.2, 0) is 10.0 Å². The highest BCUT2D eigenvalue weighted by atomic mass is 32.2. The minimum absolute atomic E-state index is 0.0274. The van der Waals surface area contributed by atoms with E-state index in [1.54, 1.807) is 24.3 Å².